The zero-order valence-corrected chi connectivity index (χ0v) is 14.9. The smallest absolute Gasteiger partial charge is 0.251 e. The number of hydrogen-bond donors (Lipinski definition) is 2. The predicted octanol–water partition coefficient (Wildman–Crippen LogP) is 3.69. The molecule has 2 N–H and O–H groups in total. The molecule has 0 bridgehead atoms. The molecule has 0 heterocycles. The van der Waals surface area contributed by atoms with Gasteiger partial charge in [-0.3, -0.25) is 9.59 Å². The second-order valence-electron chi connectivity index (χ2n) is 6.77. The molecule has 1 atom stereocenters. The van der Waals surface area contributed by atoms with Gasteiger partial charge in [-0.15, -0.1) is 0 Å². The van der Waals surface area contributed by atoms with Crippen LogP contribution in [-0.4, -0.2) is 11.8 Å². The number of benzene rings is 2. The van der Waals surface area contributed by atoms with Gasteiger partial charge in [-0.05, 0) is 55.2 Å². The molecule has 1 fully saturated rings. The Morgan fingerprint density at radius 3 is 2.42 bits per heavy atom. The van der Waals surface area contributed by atoms with Crippen molar-refractivity contribution < 1.29 is 9.59 Å². The van der Waals surface area contributed by atoms with Gasteiger partial charge in [-0.25, -0.2) is 0 Å². The number of amides is 2. The minimum atomic E-state index is -0.341. The topological polar surface area (TPSA) is 82.0 Å². The number of nitriles is 1. The summed E-state index contributed by atoms with van der Waals surface area (Å²) in [6.07, 6.45) is 1.77. The SMILES string of the molecule is CC(=O)Nc1cccc([C@@H](C)NC(=O)c2ccc(C3(C#N)CC3)cc2)c1. The number of anilines is 1. The summed E-state index contributed by atoms with van der Waals surface area (Å²) >= 11 is 0. The first-order chi connectivity index (χ1) is 12.4. The minimum absolute atomic E-state index is 0.135. The van der Waals surface area contributed by atoms with Gasteiger partial charge in [0.2, 0.25) is 5.91 Å². The highest BCUT2D eigenvalue weighted by Crippen LogP contribution is 2.47. The van der Waals surface area contributed by atoms with Gasteiger partial charge in [-0.2, -0.15) is 5.26 Å². The second-order valence-corrected chi connectivity index (χ2v) is 6.77. The first-order valence-corrected chi connectivity index (χ1v) is 8.64. The second kappa shape index (κ2) is 7.01. The van der Waals surface area contributed by atoms with Crippen molar-refractivity contribution in [2.45, 2.75) is 38.1 Å². The first-order valence-electron chi connectivity index (χ1n) is 8.64. The molecule has 26 heavy (non-hydrogen) atoms. The maximum atomic E-state index is 12.5. The summed E-state index contributed by atoms with van der Waals surface area (Å²) in [4.78, 5) is 23.7. The van der Waals surface area contributed by atoms with Crippen LogP contribution in [0, 0.1) is 11.3 Å². The zero-order chi connectivity index (χ0) is 18.7. The molecule has 0 unspecified atom stereocenters. The maximum Gasteiger partial charge on any atom is 0.251 e. The van der Waals surface area contributed by atoms with Crippen molar-refractivity contribution in [1.29, 1.82) is 5.26 Å². The van der Waals surface area contributed by atoms with E-state index in [-0.39, 0.29) is 23.3 Å². The van der Waals surface area contributed by atoms with Gasteiger partial charge in [0, 0.05) is 18.2 Å². The van der Waals surface area contributed by atoms with E-state index in [2.05, 4.69) is 16.7 Å². The number of nitrogens with one attached hydrogen (secondary N) is 2. The molecule has 5 nitrogen and oxygen atoms in total. The van der Waals surface area contributed by atoms with Crippen molar-refractivity contribution in [2.75, 3.05) is 5.32 Å². The maximum absolute atomic E-state index is 12.5. The molecule has 0 saturated heterocycles. The van der Waals surface area contributed by atoms with E-state index < -0.39 is 0 Å². The number of carbonyl (C=O) groups excluding carboxylic acids is 2. The largest absolute Gasteiger partial charge is 0.346 e. The van der Waals surface area contributed by atoms with Crippen molar-refractivity contribution in [3.05, 3.63) is 65.2 Å². The molecule has 132 valence electrons. The van der Waals surface area contributed by atoms with Crippen molar-refractivity contribution in [2.24, 2.45) is 0 Å². The molecule has 0 aliphatic heterocycles. The molecule has 5 heteroatoms. The van der Waals surface area contributed by atoms with Crippen LogP contribution < -0.4 is 10.6 Å². The molecule has 1 aliphatic rings. The zero-order valence-electron chi connectivity index (χ0n) is 14.9. The van der Waals surface area contributed by atoms with Crippen molar-refractivity contribution in [1.82, 2.24) is 5.32 Å². The quantitative estimate of drug-likeness (QED) is 0.865. The molecule has 2 aromatic carbocycles. The average Bonchev–Trinajstić information content (AvgIpc) is 3.43. The van der Waals surface area contributed by atoms with Crippen LogP contribution in [0.2, 0.25) is 0 Å². The fraction of sp³-hybridized carbons (Fsp3) is 0.286. The van der Waals surface area contributed by atoms with Crippen molar-refractivity contribution in [3.8, 4) is 6.07 Å². The number of rotatable bonds is 5. The Morgan fingerprint density at radius 1 is 1.15 bits per heavy atom. The van der Waals surface area contributed by atoms with E-state index in [4.69, 9.17) is 0 Å². The van der Waals surface area contributed by atoms with Crippen LogP contribution in [0.5, 0.6) is 0 Å². The fourth-order valence-electron chi connectivity index (χ4n) is 2.98. The first kappa shape index (κ1) is 17.7. The van der Waals surface area contributed by atoms with Crippen LogP contribution in [0.1, 0.15) is 54.2 Å². The number of nitrogens with zero attached hydrogens (tertiary/aromatic N) is 1. The normalized spacial score (nSPS) is 15.4. The summed E-state index contributed by atoms with van der Waals surface area (Å²) in [7, 11) is 0. The molecular weight excluding hydrogens is 326 g/mol. The lowest BCUT2D eigenvalue weighted by atomic mass is 9.96. The van der Waals surface area contributed by atoms with Gasteiger partial charge in [0.05, 0.1) is 17.5 Å². The number of carbonyl (C=O) groups is 2. The van der Waals surface area contributed by atoms with Crippen LogP contribution in [0.15, 0.2) is 48.5 Å². The van der Waals surface area contributed by atoms with Crippen LogP contribution in [0.4, 0.5) is 5.69 Å². The standard InChI is InChI=1S/C21H21N3O2/c1-14(17-4-3-5-19(12-17)24-15(2)25)23-20(26)16-6-8-18(9-7-16)21(13-22)10-11-21/h3-9,12,14H,10-11H2,1-2H3,(H,23,26)(H,24,25)/t14-/m1/s1. The van der Waals surface area contributed by atoms with E-state index >= 15 is 0 Å². The van der Waals surface area contributed by atoms with Crippen molar-refractivity contribution in [3.63, 3.8) is 0 Å². The van der Waals surface area contributed by atoms with E-state index in [0.29, 0.717) is 11.3 Å². The lowest BCUT2D eigenvalue weighted by molar-refractivity contribution is -0.114. The van der Waals surface area contributed by atoms with Crippen LogP contribution in [0.3, 0.4) is 0 Å². The van der Waals surface area contributed by atoms with Crippen molar-refractivity contribution >= 4 is 17.5 Å². The molecule has 0 aromatic heterocycles. The number of hydrogen-bond acceptors (Lipinski definition) is 3. The third-order valence-electron chi connectivity index (χ3n) is 4.72. The van der Waals surface area contributed by atoms with Crippen LogP contribution >= 0.6 is 0 Å². The van der Waals surface area contributed by atoms with Gasteiger partial charge in [-0.1, -0.05) is 24.3 Å². The fourth-order valence-corrected chi connectivity index (χ4v) is 2.98. The van der Waals surface area contributed by atoms with Gasteiger partial charge >= 0.3 is 0 Å². The van der Waals surface area contributed by atoms with E-state index in [0.717, 1.165) is 24.0 Å². The summed E-state index contributed by atoms with van der Waals surface area (Å²) in [6, 6.07) is 16.8. The lowest BCUT2D eigenvalue weighted by Gasteiger charge is -2.16. The summed E-state index contributed by atoms with van der Waals surface area (Å²) in [5, 5.41) is 15.0. The highest BCUT2D eigenvalue weighted by molar-refractivity contribution is 5.94. The molecule has 2 aromatic rings. The van der Waals surface area contributed by atoms with Gasteiger partial charge < -0.3 is 10.6 Å². The summed E-state index contributed by atoms with van der Waals surface area (Å²) in [6.45, 7) is 3.35. The van der Waals surface area contributed by atoms with Gasteiger partial charge in [0.15, 0.2) is 0 Å². The van der Waals surface area contributed by atoms with E-state index in [1.807, 2.05) is 37.3 Å². The summed E-state index contributed by atoms with van der Waals surface area (Å²) in [5.41, 5.74) is 2.81. The molecule has 0 radical (unpaired) electrons. The summed E-state index contributed by atoms with van der Waals surface area (Å²) < 4.78 is 0. The van der Waals surface area contributed by atoms with Gasteiger partial charge in [0.25, 0.3) is 5.91 Å². The third kappa shape index (κ3) is 3.75. The molecule has 1 aliphatic carbocycles. The third-order valence-corrected chi connectivity index (χ3v) is 4.72. The highest BCUT2D eigenvalue weighted by atomic mass is 16.2. The van der Waals surface area contributed by atoms with E-state index in [9.17, 15) is 14.9 Å². The van der Waals surface area contributed by atoms with E-state index in [1.165, 1.54) is 6.92 Å². The Balaban J connectivity index is 1.68. The minimum Gasteiger partial charge on any atom is -0.346 e. The predicted molar refractivity (Wildman–Crippen MR) is 99.6 cm³/mol. The molecule has 0 spiro atoms. The molecule has 1 saturated carbocycles. The summed E-state index contributed by atoms with van der Waals surface area (Å²) in [5.74, 6) is -0.305. The van der Waals surface area contributed by atoms with Crippen LogP contribution in [-0.2, 0) is 10.2 Å². The Morgan fingerprint density at radius 2 is 1.85 bits per heavy atom. The Hall–Kier alpha value is -3.13. The highest BCUT2D eigenvalue weighted by Gasteiger charge is 2.44. The monoisotopic (exact) mass is 347 g/mol. The Labute approximate surface area is 153 Å². The lowest BCUT2D eigenvalue weighted by Crippen LogP contribution is -2.26. The van der Waals surface area contributed by atoms with E-state index in [1.54, 1.807) is 18.2 Å². The van der Waals surface area contributed by atoms with Gasteiger partial charge in [0.1, 0.15) is 0 Å². The molecule has 3 rings (SSSR count). The van der Waals surface area contributed by atoms with Crippen LogP contribution in [0.25, 0.3) is 0 Å². The Bertz CT molecular complexity index is 877. The average molecular weight is 347 g/mol. The Kier molecular flexibility index (Phi) is 4.77. The molecular formula is C21H21N3O2. The molecule has 2 amide bonds.